The minimum absolute atomic E-state index is 0.236. The average Bonchev–Trinajstić information content (AvgIpc) is 2.69. The van der Waals surface area contributed by atoms with Crippen LogP contribution in [0.1, 0.15) is 39.4 Å². The molecule has 0 aliphatic carbocycles. The zero-order valence-electron chi connectivity index (χ0n) is 15.0. The Bertz CT molecular complexity index is 704. The van der Waals surface area contributed by atoms with Gasteiger partial charge in [-0.25, -0.2) is 4.98 Å². The number of aromatic nitrogens is 1. The lowest BCUT2D eigenvalue weighted by atomic mass is 10.1. The van der Waals surface area contributed by atoms with Crippen molar-refractivity contribution in [3.8, 4) is 0 Å². The van der Waals surface area contributed by atoms with Gasteiger partial charge in [0.25, 0.3) is 11.8 Å². The Balaban J connectivity index is 1.78. The van der Waals surface area contributed by atoms with Crippen LogP contribution in [0.5, 0.6) is 0 Å². The fourth-order valence-corrected chi connectivity index (χ4v) is 2.43. The molecule has 0 fully saturated rings. The van der Waals surface area contributed by atoms with E-state index in [1.165, 1.54) is 5.56 Å². The number of nitrogens with one attached hydrogen (secondary N) is 2. The standard InChI is InChI=1S/C20H25N3O3/c1-26-15-7-14-22-20(25)18-12-5-11-17(23-18)19(24)21-13-6-10-16-8-3-2-4-9-16/h2-5,8-9,11-12H,6-7,10,13-15H2,1H3,(H,21,24)(H,22,25). The van der Waals surface area contributed by atoms with E-state index in [1.807, 2.05) is 18.2 Å². The number of pyridine rings is 1. The quantitative estimate of drug-likeness (QED) is 0.641. The molecule has 1 aromatic heterocycles. The van der Waals surface area contributed by atoms with Gasteiger partial charge in [-0.15, -0.1) is 0 Å². The third-order valence-corrected chi connectivity index (χ3v) is 3.80. The molecule has 1 heterocycles. The molecule has 0 bridgehead atoms. The van der Waals surface area contributed by atoms with E-state index in [0.29, 0.717) is 19.7 Å². The van der Waals surface area contributed by atoms with E-state index < -0.39 is 0 Å². The summed E-state index contributed by atoms with van der Waals surface area (Å²) in [5.41, 5.74) is 1.72. The Labute approximate surface area is 154 Å². The third-order valence-electron chi connectivity index (χ3n) is 3.80. The van der Waals surface area contributed by atoms with Gasteiger partial charge < -0.3 is 15.4 Å². The summed E-state index contributed by atoms with van der Waals surface area (Å²) in [4.78, 5) is 28.4. The highest BCUT2D eigenvalue weighted by atomic mass is 16.5. The maximum atomic E-state index is 12.2. The van der Waals surface area contributed by atoms with Gasteiger partial charge in [-0.2, -0.15) is 0 Å². The van der Waals surface area contributed by atoms with E-state index in [1.54, 1.807) is 25.3 Å². The van der Waals surface area contributed by atoms with E-state index >= 15 is 0 Å². The summed E-state index contributed by atoms with van der Waals surface area (Å²) in [5, 5.41) is 5.60. The van der Waals surface area contributed by atoms with Crippen LogP contribution in [0.25, 0.3) is 0 Å². The first-order valence-corrected chi connectivity index (χ1v) is 8.77. The van der Waals surface area contributed by atoms with E-state index in [-0.39, 0.29) is 23.2 Å². The molecule has 0 radical (unpaired) electrons. The summed E-state index contributed by atoms with van der Waals surface area (Å²) in [5.74, 6) is -0.563. The van der Waals surface area contributed by atoms with Crippen molar-refractivity contribution in [1.82, 2.24) is 15.6 Å². The van der Waals surface area contributed by atoms with E-state index in [0.717, 1.165) is 19.3 Å². The van der Waals surface area contributed by atoms with Crippen molar-refractivity contribution < 1.29 is 14.3 Å². The molecule has 2 N–H and O–H groups in total. The van der Waals surface area contributed by atoms with Crippen molar-refractivity contribution >= 4 is 11.8 Å². The van der Waals surface area contributed by atoms with Crippen LogP contribution in [-0.4, -0.2) is 43.6 Å². The second-order valence-electron chi connectivity index (χ2n) is 5.86. The van der Waals surface area contributed by atoms with Gasteiger partial charge in [0.2, 0.25) is 0 Å². The van der Waals surface area contributed by atoms with Crippen molar-refractivity contribution in [2.75, 3.05) is 26.8 Å². The van der Waals surface area contributed by atoms with Crippen molar-refractivity contribution in [1.29, 1.82) is 0 Å². The maximum absolute atomic E-state index is 12.2. The maximum Gasteiger partial charge on any atom is 0.269 e. The Morgan fingerprint density at radius 2 is 1.50 bits per heavy atom. The lowest BCUT2D eigenvalue weighted by Gasteiger charge is -2.07. The number of nitrogens with zero attached hydrogens (tertiary/aromatic N) is 1. The molecule has 0 saturated heterocycles. The first-order valence-electron chi connectivity index (χ1n) is 8.77. The van der Waals surface area contributed by atoms with Crippen molar-refractivity contribution in [2.24, 2.45) is 0 Å². The zero-order chi connectivity index (χ0) is 18.6. The van der Waals surface area contributed by atoms with Crippen LogP contribution in [0.2, 0.25) is 0 Å². The Hall–Kier alpha value is -2.73. The van der Waals surface area contributed by atoms with Crippen LogP contribution < -0.4 is 10.6 Å². The van der Waals surface area contributed by atoms with Crippen LogP contribution in [0.4, 0.5) is 0 Å². The lowest BCUT2D eigenvalue weighted by Crippen LogP contribution is -2.29. The Morgan fingerprint density at radius 3 is 2.12 bits per heavy atom. The molecule has 2 aromatic rings. The largest absolute Gasteiger partial charge is 0.385 e. The molecular weight excluding hydrogens is 330 g/mol. The zero-order valence-corrected chi connectivity index (χ0v) is 15.0. The van der Waals surface area contributed by atoms with Crippen molar-refractivity contribution in [3.63, 3.8) is 0 Å². The number of carbonyl (C=O) groups is 2. The van der Waals surface area contributed by atoms with Crippen LogP contribution in [0, 0.1) is 0 Å². The normalized spacial score (nSPS) is 10.3. The summed E-state index contributed by atoms with van der Waals surface area (Å²) in [6, 6.07) is 15.0. The number of amides is 2. The molecule has 0 aliphatic heterocycles. The Kier molecular flexibility index (Phi) is 8.29. The molecule has 6 heteroatoms. The summed E-state index contributed by atoms with van der Waals surface area (Å²) in [7, 11) is 1.62. The van der Waals surface area contributed by atoms with Gasteiger partial charge in [-0.05, 0) is 37.0 Å². The molecule has 1 aromatic carbocycles. The molecular formula is C20H25N3O3. The van der Waals surface area contributed by atoms with Gasteiger partial charge in [0.05, 0.1) is 0 Å². The number of carbonyl (C=O) groups excluding carboxylic acids is 2. The fraction of sp³-hybridized carbons (Fsp3) is 0.350. The number of methoxy groups -OCH3 is 1. The highest BCUT2D eigenvalue weighted by molar-refractivity contribution is 5.96. The van der Waals surface area contributed by atoms with Crippen molar-refractivity contribution in [3.05, 3.63) is 65.5 Å². The minimum Gasteiger partial charge on any atom is -0.385 e. The van der Waals surface area contributed by atoms with Crippen LogP contribution in [0.15, 0.2) is 48.5 Å². The van der Waals surface area contributed by atoms with Crippen LogP contribution in [-0.2, 0) is 11.2 Å². The SMILES string of the molecule is COCCCNC(=O)c1cccc(C(=O)NCCCc2ccccc2)n1. The number of ether oxygens (including phenoxy) is 1. The number of benzene rings is 1. The molecule has 2 rings (SSSR count). The van der Waals surface area contributed by atoms with Crippen molar-refractivity contribution in [2.45, 2.75) is 19.3 Å². The molecule has 0 unspecified atom stereocenters. The monoisotopic (exact) mass is 355 g/mol. The minimum atomic E-state index is -0.292. The molecule has 6 nitrogen and oxygen atoms in total. The summed E-state index contributed by atoms with van der Waals surface area (Å²) >= 11 is 0. The second-order valence-corrected chi connectivity index (χ2v) is 5.86. The number of hydrogen-bond acceptors (Lipinski definition) is 4. The Morgan fingerprint density at radius 1 is 0.885 bits per heavy atom. The fourth-order valence-electron chi connectivity index (χ4n) is 2.43. The summed E-state index contributed by atoms with van der Waals surface area (Å²) in [6.45, 7) is 1.65. The number of aryl methyl sites for hydroxylation is 1. The van der Waals surface area contributed by atoms with Gasteiger partial charge in [0.15, 0.2) is 0 Å². The average molecular weight is 355 g/mol. The number of hydrogen-bond donors (Lipinski definition) is 2. The predicted molar refractivity (Wildman–Crippen MR) is 100 cm³/mol. The first kappa shape index (κ1) is 19.6. The van der Waals surface area contributed by atoms with Gasteiger partial charge >= 0.3 is 0 Å². The lowest BCUT2D eigenvalue weighted by molar-refractivity contribution is 0.0941. The van der Waals surface area contributed by atoms with E-state index in [4.69, 9.17) is 4.74 Å². The third kappa shape index (κ3) is 6.64. The molecule has 138 valence electrons. The molecule has 0 aliphatic rings. The van der Waals surface area contributed by atoms with E-state index in [9.17, 15) is 9.59 Å². The van der Waals surface area contributed by atoms with Crippen LogP contribution >= 0.6 is 0 Å². The molecule has 0 spiro atoms. The summed E-state index contributed by atoms with van der Waals surface area (Å²) in [6.07, 6.45) is 2.47. The molecule has 0 atom stereocenters. The second kappa shape index (κ2) is 11.0. The highest BCUT2D eigenvalue weighted by Gasteiger charge is 2.11. The summed E-state index contributed by atoms with van der Waals surface area (Å²) < 4.78 is 4.94. The smallest absolute Gasteiger partial charge is 0.269 e. The van der Waals surface area contributed by atoms with Crippen LogP contribution in [0.3, 0.4) is 0 Å². The predicted octanol–water partition coefficient (Wildman–Crippen LogP) is 2.21. The van der Waals surface area contributed by atoms with Gasteiger partial charge in [-0.1, -0.05) is 36.4 Å². The molecule has 26 heavy (non-hydrogen) atoms. The topological polar surface area (TPSA) is 80.3 Å². The molecule has 0 saturated carbocycles. The van der Waals surface area contributed by atoms with Gasteiger partial charge in [-0.3, -0.25) is 9.59 Å². The van der Waals surface area contributed by atoms with Gasteiger partial charge in [0, 0.05) is 26.8 Å². The van der Waals surface area contributed by atoms with E-state index in [2.05, 4.69) is 27.8 Å². The highest BCUT2D eigenvalue weighted by Crippen LogP contribution is 2.03. The van der Waals surface area contributed by atoms with Gasteiger partial charge in [0.1, 0.15) is 11.4 Å². The number of rotatable bonds is 10. The molecule has 2 amide bonds. The first-order chi connectivity index (χ1) is 12.7.